The number of para-hydroxylation sites is 1. The van der Waals surface area contributed by atoms with Gasteiger partial charge >= 0.3 is 5.97 Å². The van der Waals surface area contributed by atoms with Crippen LogP contribution in [0.4, 0.5) is 5.69 Å². The molecule has 0 atom stereocenters. The SMILES string of the molecule is Cc1ccccc1OCC(=O)OCC(=O)Nc1cc(Cl)ccc1C#N. The van der Waals surface area contributed by atoms with E-state index in [1.807, 2.05) is 25.1 Å². The average molecular weight is 359 g/mol. The summed E-state index contributed by atoms with van der Waals surface area (Å²) in [4.78, 5) is 23.5. The third-order valence-electron chi connectivity index (χ3n) is 3.18. The molecule has 7 heteroatoms. The van der Waals surface area contributed by atoms with Crippen LogP contribution in [0.2, 0.25) is 5.02 Å². The van der Waals surface area contributed by atoms with Crippen LogP contribution in [0.5, 0.6) is 5.75 Å². The molecule has 2 aromatic rings. The monoisotopic (exact) mass is 358 g/mol. The number of carbonyl (C=O) groups is 2. The Bertz CT molecular complexity index is 830. The lowest BCUT2D eigenvalue weighted by Gasteiger charge is -2.10. The van der Waals surface area contributed by atoms with Crippen LogP contribution < -0.4 is 10.1 Å². The van der Waals surface area contributed by atoms with E-state index >= 15 is 0 Å². The third kappa shape index (κ3) is 5.52. The lowest BCUT2D eigenvalue weighted by molar-refractivity contribution is -0.149. The van der Waals surface area contributed by atoms with E-state index < -0.39 is 18.5 Å². The quantitative estimate of drug-likeness (QED) is 0.801. The molecule has 0 radical (unpaired) electrons. The fourth-order valence-corrected chi connectivity index (χ4v) is 2.12. The summed E-state index contributed by atoms with van der Waals surface area (Å²) in [6.45, 7) is 1.05. The van der Waals surface area contributed by atoms with Gasteiger partial charge in [-0.15, -0.1) is 0 Å². The van der Waals surface area contributed by atoms with E-state index in [9.17, 15) is 9.59 Å². The Balaban J connectivity index is 1.82. The fraction of sp³-hybridized carbons (Fsp3) is 0.167. The van der Waals surface area contributed by atoms with Gasteiger partial charge in [0.2, 0.25) is 0 Å². The van der Waals surface area contributed by atoms with Crippen molar-refractivity contribution in [3.8, 4) is 11.8 Å². The van der Waals surface area contributed by atoms with Crippen molar-refractivity contribution in [3.05, 3.63) is 58.6 Å². The van der Waals surface area contributed by atoms with Gasteiger partial charge in [0, 0.05) is 5.02 Å². The molecule has 6 nitrogen and oxygen atoms in total. The maximum absolute atomic E-state index is 11.8. The molecule has 0 fully saturated rings. The van der Waals surface area contributed by atoms with E-state index in [2.05, 4.69) is 5.32 Å². The van der Waals surface area contributed by atoms with Gasteiger partial charge in [-0.25, -0.2) is 4.79 Å². The number of anilines is 1. The van der Waals surface area contributed by atoms with Crippen LogP contribution in [-0.4, -0.2) is 25.1 Å². The number of hydrogen-bond acceptors (Lipinski definition) is 5. The Hall–Kier alpha value is -3.04. The number of nitrogens with one attached hydrogen (secondary N) is 1. The number of rotatable bonds is 6. The number of nitrogens with zero attached hydrogens (tertiary/aromatic N) is 1. The standard InChI is InChI=1S/C18H15ClN2O4/c1-12-4-2-3-5-16(12)24-11-18(23)25-10-17(22)21-15-8-14(19)7-6-13(15)9-20/h2-8H,10-11H2,1H3,(H,21,22). The van der Waals surface area contributed by atoms with Gasteiger partial charge in [-0.3, -0.25) is 4.79 Å². The molecule has 0 aliphatic heterocycles. The van der Waals surface area contributed by atoms with Gasteiger partial charge in [0.15, 0.2) is 13.2 Å². The van der Waals surface area contributed by atoms with Crippen molar-refractivity contribution in [2.75, 3.05) is 18.5 Å². The molecule has 2 aromatic carbocycles. The summed E-state index contributed by atoms with van der Waals surface area (Å²) >= 11 is 5.83. The summed E-state index contributed by atoms with van der Waals surface area (Å²) in [6, 6.07) is 13.6. The van der Waals surface area contributed by atoms with Crippen molar-refractivity contribution >= 4 is 29.2 Å². The summed E-state index contributed by atoms with van der Waals surface area (Å²) in [7, 11) is 0. The predicted octanol–water partition coefficient (Wildman–Crippen LogP) is 3.08. The molecular weight excluding hydrogens is 344 g/mol. The molecule has 0 saturated carbocycles. The first-order chi connectivity index (χ1) is 12.0. The number of esters is 1. The number of hydrogen-bond donors (Lipinski definition) is 1. The molecule has 0 unspecified atom stereocenters. The maximum atomic E-state index is 11.8. The van der Waals surface area contributed by atoms with Crippen molar-refractivity contribution in [3.63, 3.8) is 0 Å². The number of halogens is 1. The zero-order valence-electron chi connectivity index (χ0n) is 13.4. The molecular formula is C18H15ClN2O4. The maximum Gasteiger partial charge on any atom is 0.344 e. The smallest absolute Gasteiger partial charge is 0.344 e. The highest BCUT2D eigenvalue weighted by Crippen LogP contribution is 2.20. The van der Waals surface area contributed by atoms with Crippen molar-refractivity contribution in [1.82, 2.24) is 0 Å². The highest BCUT2D eigenvalue weighted by Gasteiger charge is 2.11. The Labute approximate surface area is 149 Å². The van der Waals surface area contributed by atoms with Crippen LogP contribution >= 0.6 is 11.6 Å². The molecule has 1 N–H and O–H groups in total. The molecule has 1 amide bonds. The summed E-state index contributed by atoms with van der Waals surface area (Å²) in [6.07, 6.45) is 0. The van der Waals surface area contributed by atoms with Gasteiger partial charge in [0.25, 0.3) is 5.91 Å². The lowest BCUT2D eigenvalue weighted by atomic mass is 10.2. The second-order valence-corrected chi connectivity index (χ2v) is 5.50. The second-order valence-electron chi connectivity index (χ2n) is 5.06. The molecule has 0 heterocycles. The zero-order valence-corrected chi connectivity index (χ0v) is 14.2. The van der Waals surface area contributed by atoms with Crippen LogP contribution in [0.1, 0.15) is 11.1 Å². The highest BCUT2D eigenvalue weighted by molar-refractivity contribution is 6.31. The molecule has 0 spiro atoms. The molecule has 0 bridgehead atoms. The summed E-state index contributed by atoms with van der Waals surface area (Å²) in [5.41, 5.74) is 1.40. The molecule has 0 aliphatic rings. The Kier molecular flexibility index (Phi) is 6.38. The van der Waals surface area contributed by atoms with E-state index in [0.29, 0.717) is 10.8 Å². The van der Waals surface area contributed by atoms with E-state index in [0.717, 1.165) is 5.56 Å². The zero-order chi connectivity index (χ0) is 18.2. The predicted molar refractivity (Wildman–Crippen MR) is 92.4 cm³/mol. The normalized spacial score (nSPS) is 9.80. The van der Waals surface area contributed by atoms with Gasteiger partial charge in [0.1, 0.15) is 11.8 Å². The Morgan fingerprint density at radius 1 is 1.20 bits per heavy atom. The van der Waals surface area contributed by atoms with E-state index in [1.54, 1.807) is 18.2 Å². The van der Waals surface area contributed by atoms with Crippen molar-refractivity contribution in [1.29, 1.82) is 5.26 Å². The minimum absolute atomic E-state index is 0.256. The summed E-state index contributed by atoms with van der Waals surface area (Å²) in [5, 5.41) is 11.8. The number of aryl methyl sites for hydroxylation is 1. The fourth-order valence-electron chi connectivity index (χ4n) is 1.95. The van der Waals surface area contributed by atoms with Gasteiger partial charge in [-0.1, -0.05) is 29.8 Å². The first-order valence-corrected chi connectivity index (χ1v) is 7.71. The average Bonchev–Trinajstić information content (AvgIpc) is 2.59. The van der Waals surface area contributed by atoms with E-state index in [-0.39, 0.29) is 17.9 Å². The minimum Gasteiger partial charge on any atom is -0.482 e. The van der Waals surface area contributed by atoms with Crippen molar-refractivity contribution in [2.45, 2.75) is 6.92 Å². The van der Waals surface area contributed by atoms with Gasteiger partial charge < -0.3 is 14.8 Å². The first kappa shape index (κ1) is 18.3. The number of carbonyl (C=O) groups excluding carboxylic acids is 2. The Morgan fingerprint density at radius 2 is 1.96 bits per heavy atom. The van der Waals surface area contributed by atoms with Crippen LogP contribution in [0.15, 0.2) is 42.5 Å². The van der Waals surface area contributed by atoms with Crippen molar-refractivity contribution in [2.24, 2.45) is 0 Å². The van der Waals surface area contributed by atoms with Crippen molar-refractivity contribution < 1.29 is 19.1 Å². The topological polar surface area (TPSA) is 88.4 Å². The Morgan fingerprint density at radius 3 is 2.68 bits per heavy atom. The van der Waals surface area contributed by atoms with Gasteiger partial charge in [-0.2, -0.15) is 5.26 Å². The molecule has 0 aromatic heterocycles. The molecule has 0 aliphatic carbocycles. The molecule has 25 heavy (non-hydrogen) atoms. The van der Waals surface area contributed by atoms with Crippen LogP contribution in [0.3, 0.4) is 0 Å². The molecule has 2 rings (SSSR count). The number of benzene rings is 2. The summed E-state index contributed by atoms with van der Waals surface area (Å²) in [5.74, 6) is -0.686. The lowest BCUT2D eigenvalue weighted by Crippen LogP contribution is -2.24. The van der Waals surface area contributed by atoms with Gasteiger partial charge in [0.05, 0.1) is 11.3 Å². The van der Waals surface area contributed by atoms with E-state index in [1.165, 1.54) is 12.1 Å². The number of nitriles is 1. The third-order valence-corrected chi connectivity index (χ3v) is 3.41. The van der Waals surface area contributed by atoms with Gasteiger partial charge in [-0.05, 0) is 36.8 Å². The minimum atomic E-state index is -0.676. The molecule has 128 valence electrons. The second kappa shape index (κ2) is 8.71. The number of amides is 1. The van der Waals surface area contributed by atoms with Crippen LogP contribution in [-0.2, 0) is 14.3 Å². The van der Waals surface area contributed by atoms with Crippen LogP contribution in [0, 0.1) is 18.3 Å². The summed E-state index contributed by atoms with van der Waals surface area (Å²) < 4.78 is 10.2. The van der Waals surface area contributed by atoms with Crippen LogP contribution in [0.25, 0.3) is 0 Å². The first-order valence-electron chi connectivity index (χ1n) is 7.33. The van der Waals surface area contributed by atoms with E-state index in [4.69, 9.17) is 26.3 Å². The largest absolute Gasteiger partial charge is 0.482 e. The highest BCUT2D eigenvalue weighted by atomic mass is 35.5. The molecule has 0 saturated heterocycles. The number of ether oxygens (including phenoxy) is 2.